The van der Waals surface area contributed by atoms with E-state index in [2.05, 4.69) is 20.8 Å². The Morgan fingerprint density at radius 3 is 2.70 bits per heavy atom. The molecule has 0 unspecified atom stereocenters. The van der Waals surface area contributed by atoms with E-state index in [4.69, 9.17) is 4.74 Å². The van der Waals surface area contributed by atoms with Gasteiger partial charge in [0, 0.05) is 12.4 Å². The summed E-state index contributed by atoms with van der Waals surface area (Å²) >= 11 is 0. The van der Waals surface area contributed by atoms with E-state index in [1.165, 1.54) is 18.6 Å². The second-order valence-corrected chi connectivity index (χ2v) is 4.96. The first-order chi connectivity index (χ1) is 11.1. The van der Waals surface area contributed by atoms with Crippen molar-refractivity contribution >= 4 is 11.8 Å². The number of aryl methyl sites for hydroxylation is 2. The summed E-state index contributed by atoms with van der Waals surface area (Å²) in [6.07, 6.45) is 4.28. The monoisotopic (exact) mass is 314 g/mol. The molecule has 120 valence electrons. The lowest BCUT2D eigenvalue weighted by atomic mass is 10.1. The van der Waals surface area contributed by atoms with E-state index in [0.717, 1.165) is 16.9 Å². The number of ether oxygens (including phenoxy) is 1. The van der Waals surface area contributed by atoms with Gasteiger partial charge in [0.15, 0.2) is 0 Å². The molecule has 0 aliphatic carbocycles. The number of benzene rings is 1. The summed E-state index contributed by atoms with van der Waals surface area (Å²) < 4.78 is 5.56. The summed E-state index contributed by atoms with van der Waals surface area (Å²) in [5, 5.41) is 0. The van der Waals surface area contributed by atoms with E-state index in [1.54, 1.807) is 0 Å². The third-order valence-corrected chi connectivity index (χ3v) is 3.03. The van der Waals surface area contributed by atoms with Crippen molar-refractivity contribution in [1.29, 1.82) is 0 Å². The molecule has 0 saturated heterocycles. The molecule has 0 aliphatic rings. The van der Waals surface area contributed by atoms with Crippen molar-refractivity contribution in [3.8, 4) is 5.75 Å². The second kappa shape index (κ2) is 7.88. The average molecular weight is 314 g/mol. The van der Waals surface area contributed by atoms with E-state index in [1.807, 2.05) is 32.0 Å². The molecule has 0 bridgehead atoms. The molecule has 0 fully saturated rings. The van der Waals surface area contributed by atoms with Crippen molar-refractivity contribution in [3.63, 3.8) is 0 Å². The molecule has 1 aromatic heterocycles. The highest BCUT2D eigenvalue weighted by Crippen LogP contribution is 2.18. The minimum Gasteiger partial charge on any atom is -0.493 e. The molecule has 1 aromatic carbocycles. The Bertz CT molecular complexity index is 689. The van der Waals surface area contributed by atoms with Gasteiger partial charge in [-0.3, -0.25) is 25.4 Å². The zero-order chi connectivity index (χ0) is 16.7. The van der Waals surface area contributed by atoms with Crippen molar-refractivity contribution in [2.75, 3.05) is 6.61 Å². The molecular weight excluding hydrogens is 296 g/mol. The Labute approximate surface area is 134 Å². The average Bonchev–Trinajstić information content (AvgIpc) is 2.55. The van der Waals surface area contributed by atoms with Crippen LogP contribution in [-0.4, -0.2) is 28.4 Å². The molecule has 1 heterocycles. The summed E-state index contributed by atoms with van der Waals surface area (Å²) in [5.41, 5.74) is 6.87. The van der Waals surface area contributed by atoms with Crippen LogP contribution in [0.25, 0.3) is 0 Å². The maximum Gasteiger partial charge on any atom is 0.289 e. The van der Waals surface area contributed by atoms with Gasteiger partial charge in [0.05, 0.1) is 19.2 Å². The summed E-state index contributed by atoms with van der Waals surface area (Å²) in [7, 11) is 0. The minimum absolute atomic E-state index is 0.119. The lowest BCUT2D eigenvalue weighted by Crippen LogP contribution is -2.42. The molecule has 0 atom stereocenters. The van der Waals surface area contributed by atoms with Crippen LogP contribution < -0.4 is 15.6 Å². The predicted molar refractivity (Wildman–Crippen MR) is 83.7 cm³/mol. The van der Waals surface area contributed by atoms with Crippen molar-refractivity contribution in [3.05, 3.63) is 53.6 Å². The fourth-order valence-electron chi connectivity index (χ4n) is 1.88. The van der Waals surface area contributed by atoms with Crippen LogP contribution in [0.2, 0.25) is 0 Å². The highest BCUT2D eigenvalue weighted by molar-refractivity contribution is 5.93. The first-order valence-corrected chi connectivity index (χ1v) is 7.11. The molecule has 7 heteroatoms. The summed E-state index contributed by atoms with van der Waals surface area (Å²) in [5.74, 6) is -0.138. The summed E-state index contributed by atoms with van der Waals surface area (Å²) in [6, 6.07) is 5.83. The van der Waals surface area contributed by atoms with Crippen LogP contribution >= 0.6 is 0 Å². The number of aromatic nitrogens is 2. The molecule has 23 heavy (non-hydrogen) atoms. The Kier molecular flexibility index (Phi) is 5.62. The Morgan fingerprint density at radius 1 is 1.17 bits per heavy atom. The van der Waals surface area contributed by atoms with Crippen LogP contribution in [0.3, 0.4) is 0 Å². The van der Waals surface area contributed by atoms with Crippen molar-refractivity contribution < 1.29 is 14.3 Å². The van der Waals surface area contributed by atoms with Crippen LogP contribution in [0.4, 0.5) is 0 Å². The summed E-state index contributed by atoms with van der Waals surface area (Å²) in [4.78, 5) is 30.9. The molecule has 0 saturated carbocycles. The fraction of sp³-hybridized carbons (Fsp3) is 0.250. The number of hydrazine groups is 1. The Hall–Kier alpha value is -2.96. The first kappa shape index (κ1) is 16.4. The molecule has 2 amide bonds. The number of carbonyl (C=O) groups excluding carboxylic acids is 2. The zero-order valence-electron chi connectivity index (χ0n) is 13.0. The molecule has 0 aliphatic heterocycles. The number of hydrogen-bond acceptors (Lipinski definition) is 5. The van der Waals surface area contributed by atoms with Gasteiger partial charge in [-0.2, -0.15) is 0 Å². The maximum atomic E-state index is 11.7. The largest absolute Gasteiger partial charge is 0.493 e. The van der Waals surface area contributed by atoms with Crippen LogP contribution in [0.5, 0.6) is 5.75 Å². The van der Waals surface area contributed by atoms with Crippen LogP contribution in [0.1, 0.15) is 28.0 Å². The van der Waals surface area contributed by atoms with Gasteiger partial charge in [0.25, 0.3) is 5.91 Å². The Morgan fingerprint density at radius 2 is 2.00 bits per heavy atom. The van der Waals surface area contributed by atoms with E-state index < -0.39 is 5.91 Å². The van der Waals surface area contributed by atoms with Gasteiger partial charge >= 0.3 is 0 Å². The lowest BCUT2D eigenvalue weighted by Gasteiger charge is -2.10. The van der Waals surface area contributed by atoms with E-state index in [-0.39, 0.29) is 24.6 Å². The number of carbonyl (C=O) groups is 2. The maximum absolute atomic E-state index is 11.7. The number of rotatable bonds is 5. The quantitative estimate of drug-likeness (QED) is 0.812. The highest BCUT2D eigenvalue weighted by Gasteiger charge is 2.09. The van der Waals surface area contributed by atoms with Crippen molar-refractivity contribution in [1.82, 2.24) is 20.8 Å². The molecular formula is C16H18N4O3. The Balaban J connectivity index is 1.72. The van der Waals surface area contributed by atoms with Gasteiger partial charge in [-0.25, -0.2) is 4.98 Å². The standard InChI is InChI=1S/C16H18N4O3/c1-11-3-4-14(12(2)9-11)23-8-5-15(21)19-20-16(22)13-10-17-6-7-18-13/h3-4,6-7,9-10H,5,8H2,1-2H3,(H,19,21)(H,20,22). The van der Waals surface area contributed by atoms with Gasteiger partial charge in [-0.15, -0.1) is 0 Å². The molecule has 7 nitrogen and oxygen atoms in total. The SMILES string of the molecule is Cc1ccc(OCCC(=O)NNC(=O)c2cnccn2)c(C)c1. The zero-order valence-corrected chi connectivity index (χ0v) is 13.0. The highest BCUT2D eigenvalue weighted by atomic mass is 16.5. The lowest BCUT2D eigenvalue weighted by molar-refractivity contribution is -0.122. The molecule has 0 radical (unpaired) electrons. The molecule has 2 N–H and O–H groups in total. The summed E-state index contributed by atoms with van der Waals surface area (Å²) in [6.45, 7) is 4.17. The van der Waals surface area contributed by atoms with Crippen LogP contribution in [-0.2, 0) is 4.79 Å². The predicted octanol–water partition coefficient (Wildman–Crippen LogP) is 1.32. The third-order valence-electron chi connectivity index (χ3n) is 3.03. The topological polar surface area (TPSA) is 93.2 Å². The van der Waals surface area contributed by atoms with Crippen LogP contribution in [0.15, 0.2) is 36.8 Å². The van der Waals surface area contributed by atoms with Gasteiger partial charge < -0.3 is 4.74 Å². The van der Waals surface area contributed by atoms with Gasteiger partial charge in [-0.1, -0.05) is 17.7 Å². The third kappa shape index (κ3) is 5.06. The number of hydrogen-bond donors (Lipinski definition) is 2. The second-order valence-electron chi connectivity index (χ2n) is 4.96. The number of nitrogens with zero attached hydrogens (tertiary/aromatic N) is 2. The first-order valence-electron chi connectivity index (χ1n) is 7.11. The minimum atomic E-state index is -0.526. The van der Waals surface area contributed by atoms with Crippen LogP contribution in [0, 0.1) is 13.8 Å². The molecule has 2 rings (SSSR count). The number of nitrogens with one attached hydrogen (secondary N) is 2. The van der Waals surface area contributed by atoms with E-state index >= 15 is 0 Å². The van der Waals surface area contributed by atoms with Gasteiger partial charge in [0.2, 0.25) is 5.91 Å². The molecule has 0 spiro atoms. The number of amides is 2. The van der Waals surface area contributed by atoms with Crippen molar-refractivity contribution in [2.45, 2.75) is 20.3 Å². The normalized spacial score (nSPS) is 10.0. The van der Waals surface area contributed by atoms with Gasteiger partial charge in [-0.05, 0) is 25.5 Å². The van der Waals surface area contributed by atoms with E-state index in [0.29, 0.717) is 0 Å². The van der Waals surface area contributed by atoms with E-state index in [9.17, 15) is 9.59 Å². The van der Waals surface area contributed by atoms with Crippen molar-refractivity contribution in [2.24, 2.45) is 0 Å². The molecule has 2 aromatic rings. The smallest absolute Gasteiger partial charge is 0.289 e. The van der Waals surface area contributed by atoms with Gasteiger partial charge in [0.1, 0.15) is 11.4 Å². The fourth-order valence-corrected chi connectivity index (χ4v) is 1.88.